The average Bonchev–Trinajstić information content (AvgIpc) is 2.15. The first-order valence-corrected chi connectivity index (χ1v) is 5.29. The Morgan fingerprint density at radius 3 is 2.50 bits per heavy atom. The third-order valence-corrected chi connectivity index (χ3v) is 2.58. The van der Waals surface area contributed by atoms with Crippen LogP contribution >= 0.6 is 0 Å². The molecule has 1 aliphatic rings. The Balaban J connectivity index is 2.81. The molecule has 0 aromatic carbocycles. The number of rotatable bonds is 1. The Morgan fingerprint density at radius 1 is 1.25 bits per heavy atom. The summed E-state index contributed by atoms with van der Waals surface area (Å²) in [5, 5.41) is 11.1. The summed E-state index contributed by atoms with van der Waals surface area (Å²) in [4.78, 5) is 33.7. The van der Waals surface area contributed by atoms with Gasteiger partial charge in [-0.3, -0.25) is 15.3 Å². The quantitative estimate of drug-likeness (QED) is 0.574. The Labute approximate surface area is 93.2 Å². The van der Waals surface area contributed by atoms with E-state index in [1.807, 2.05) is 0 Å². The van der Waals surface area contributed by atoms with Crippen LogP contribution in [0.4, 0.5) is 0 Å². The number of carboxylic acid groups (broad SMARTS) is 1. The molecule has 1 saturated heterocycles. The highest BCUT2D eigenvalue weighted by Crippen LogP contribution is 2.13. The summed E-state index contributed by atoms with van der Waals surface area (Å²) in [5.74, 6) is -2.03. The van der Waals surface area contributed by atoms with Gasteiger partial charge in [-0.1, -0.05) is 6.42 Å². The molecule has 0 spiro atoms. The highest BCUT2D eigenvalue weighted by atomic mass is 16.4. The molecule has 1 amide bonds. The van der Waals surface area contributed by atoms with Gasteiger partial charge in [-0.25, -0.2) is 4.79 Å². The van der Waals surface area contributed by atoms with E-state index in [1.54, 1.807) is 0 Å². The zero-order valence-electron chi connectivity index (χ0n) is 8.99. The number of ketones is 1. The maximum atomic E-state index is 11.4. The summed E-state index contributed by atoms with van der Waals surface area (Å²) in [6.07, 6.45) is 2.34. The molecule has 1 rings (SSSR count). The predicted molar refractivity (Wildman–Crippen MR) is 55.4 cm³/mol. The van der Waals surface area contributed by atoms with Crippen LogP contribution in [-0.2, 0) is 14.4 Å². The van der Waals surface area contributed by atoms with Crippen molar-refractivity contribution in [1.29, 1.82) is 0 Å². The smallest absolute Gasteiger partial charge is 0.344 e. The third-order valence-electron chi connectivity index (χ3n) is 2.58. The van der Waals surface area contributed by atoms with Crippen LogP contribution in [0.1, 0.15) is 38.5 Å². The number of hydrogen-bond acceptors (Lipinski definition) is 4. The van der Waals surface area contributed by atoms with Gasteiger partial charge in [0.25, 0.3) is 0 Å². The van der Waals surface area contributed by atoms with Crippen LogP contribution in [0.3, 0.4) is 0 Å². The molecule has 0 unspecified atom stereocenters. The summed E-state index contributed by atoms with van der Waals surface area (Å²) in [6.45, 7) is 0. The van der Waals surface area contributed by atoms with E-state index >= 15 is 0 Å². The van der Waals surface area contributed by atoms with Gasteiger partial charge in [0, 0.05) is 12.8 Å². The average molecular weight is 228 g/mol. The standard InChI is InChI=1S/C10H16N2O4/c11-10(9(15)16)6-7(13)4-2-1-3-5-8(14)12-10/h1-6,11H2,(H,12,14)(H,15,16)/t10-/m1/s1. The van der Waals surface area contributed by atoms with Crippen LogP contribution in [0.2, 0.25) is 0 Å². The molecular weight excluding hydrogens is 212 g/mol. The van der Waals surface area contributed by atoms with Gasteiger partial charge >= 0.3 is 5.97 Å². The Morgan fingerprint density at radius 2 is 1.88 bits per heavy atom. The lowest BCUT2D eigenvalue weighted by Crippen LogP contribution is -2.62. The molecule has 0 saturated carbocycles. The molecule has 0 aromatic rings. The van der Waals surface area contributed by atoms with E-state index in [1.165, 1.54) is 0 Å². The van der Waals surface area contributed by atoms with Crippen molar-refractivity contribution in [2.45, 2.75) is 44.2 Å². The molecule has 16 heavy (non-hydrogen) atoms. The molecule has 90 valence electrons. The first kappa shape index (κ1) is 12.6. The third kappa shape index (κ3) is 3.30. The molecule has 0 radical (unpaired) electrons. The van der Waals surface area contributed by atoms with Crippen LogP contribution in [0.15, 0.2) is 0 Å². The largest absolute Gasteiger partial charge is 0.478 e. The number of hydrogen-bond donors (Lipinski definition) is 3. The van der Waals surface area contributed by atoms with Crippen LogP contribution < -0.4 is 11.1 Å². The van der Waals surface area contributed by atoms with E-state index in [-0.39, 0.29) is 18.6 Å². The number of nitrogens with two attached hydrogens (primary N) is 1. The number of carboxylic acids is 1. The van der Waals surface area contributed by atoms with Gasteiger partial charge in [0.15, 0.2) is 5.66 Å². The molecule has 6 nitrogen and oxygen atoms in total. The lowest BCUT2D eigenvalue weighted by atomic mass is 9.98. The van der Waals surface area contributed by atoms with Crippen LogP contribution in [0, 0.1) is 0 Å². The highest BCUT2D eigenvalue weighted by molar-refractivity contribution is 5.92. The molecule has 1 aliphatic heterocycles. The maximum Gasteiger partial charge on any atom is 0.344 e. The lowest BCUT2D eigenvalue weighted by Gasteiger charge is -2.26. The lowest BCUT2D eigenvalue weighted by molar-refractivity contribution is -0.149. The SMILES string of the molecule is N[C@]1(C(=O)O)CC(=O)CCCCCC(=O)N1. The van der Waals surface area contributed by atoms with E-state index in [0.717, 1.165) is 6.42 Å². The van der Waals surface area contributed by atoms with Gasteiger partial charge in [-0.05, 0) is 12.8 Å². The van der Waals surface area contributed by atoms with Gasteiger partial charge in [0.2, 0.25) is 5.91 Å². The molecule has 1 atom stereocenters. The predicted octanol–water partition coefficient (Wildman–Crippen LogP) is -0.235. The van der Waals surface area contributed by atoms with Gasteiger partial charge in [-0.2, -0.15) is 0 Å². The fraction of sp³-hybridized carbons (Fsp3) is 0.700. The normalized spacial score (nSPS) is 28.3. The molecule has 0 bridgehead atoms. The van der Waals surface area contributed by atoms with E-state index in [2.05, 4.69) is 5.32 Å². The first-order valence-electron chi connectivity index (χ1n) is 5.29. The van der Waals surface area contributed by atoms with Gasteiger partial charge < -0.3 is 10.4 Å². The maximum absolute atomic E-state index is 11.4. The number of amides is 1. The fourth-order valence-electron chi connectivity index (χ4n) is 1.67. The van der Waals surface area contributed by atoms with Gasteiger partial charge in [0.1, 0.15) is 5.78 Å². The second-order valence-electron chi connectivity index (χ2n) is 4.10. The number of nitrogens with one attached hydrogen (secondary N) is 1. The summed E-state index contributed by atoms with van der Waals surface area (Å²) in [5.41, 5.74) is 3.57. The zero-order chi connectivity index (χ0) is 12.2. The van der Waals surface area contributed by atoms with E-state index < -0.39 is 17.5 Å². The minimum absolute atomic E-state index is 0.230. The van der Waals surface area contributed by atoms with Crippen LogP contribution in [0.25, 0.3) is 0 Å². The van der Waals surface area contributed by atoms with E-state index in [9.17, 15) is 14.4 Å². The van der Waals surface area contributed by atoms with Crippen molar-refractivity contribution in [2.75, 3.05) is 0 Å². The summed E-state index contributed by atoms with van der Waals surface area (Å²) >= 11 is 0. The minimum atomic E-state index is -1.95. The van der Waals surface area contributed by atoms with Crippen molar-refractivity contribution in [3.8, 4) is 0 Å². The molecule has 0 aromatic heterocycles. The Bertz CT molecular complexity index is 294. The van der Waals surface area contributed by atoms with Crippen molar-refractivity contribution in [2.24, 2.45) is 5.73 Å². The van der Waals surface area contributed by atoms with Gasteiger partial charge in [0.05, 0.1) is 6.42 Å². The molecule has 6 heteroatoms. The fourth-order valence-corrected chi connectivity index (χ4v) is 1.67. The van der Waals surface area contributed by atoms with Crippen molar-refractivity contribution in [1.82, 2.24) is 5.32 Å². The molecule has 1 fully saturated rings. The Kier molecular flexibility index (Phi) is 4.00. The number of carbonyl (C=O) groups is 3. The highest BCUT2D eigenvalue weighted by Gasteiger charge is 2.37. The van der Waals surface area contributed by atoms with E-state index in [0.29, 0.717) is 19.3 Å². The molecular formula is C10H16N2O4. The first-order chi connectivity index (χ1) is 7.44. The molecule has 4 N–H and O–H groups in total. The number of carbonyl (C=O) groups excluding carboxylic acids is 2. The summed E-state index contributed by atoms with van der Waals surface area (Å²) in [6, 6.07) is 0. The second-order valence-corrected chi connectivity index (χ2v) is 4.10. The van der Waals surface area contributed by atoms with Crippen molar-refractivity contribution >= 4 is 17.7 Å². The monoisotopic (exact) mass is 228 g/mol. The Hall–Kier alpha value is -1.43. The van der Waals surface area contributed by atoms with Crippen LogP contribution in [-0.4, -0.2) is 28.4 Å². The summed E-state index contributed by atoms with van der Waals surface area (Å²) < 4.78 is 0. The second kappa shape index (κ2) is 5.07. The van der Waals surface area contributed by atoms with Crippen molar-refractivity contribution < 1.29 is 19.5 Å². The minimum Gasteiger partial charge on any atom is -0.478 e. The van der Waals surface area contributed by atoms with Crippen molar-refractivity contribution in [3.63, 3.8) is 0 Å². The topological polar surface area (TPSA) is 109 Å². The summed E-state index contributed by atoms with van der Waals surface area (Å²) in [7, 11) is 0. The van der Waals surface area contributed by atoms with E-state index in [4.69, 9.17) is 10.8 Å². The number of aliphatic carboxylic acids is 1. The number of Topliss-reactive ketones (excluding diaryl/α,β-unsaturated/α-hetero) is 1. The zero-order valence-corrected chi connectivity index (χ0v) is 8.99. The molecule has 0 aliphatic carbocycles. The van der Waals surface area contributed by atoms with Gasteiger partial charge in [-0.15, -0.1) is 0 Å². The molecule has 1 heterocycles. The van der Waals surface area contributed by atoms with Crippen LogP contribution in [0.5, 0.6) is 0 Å². The van der Waals surface area contributed by atoms with Crippen molar-refractivity contribution in [3.05, 3.63) is 0 Å².